The summed E-state index contributed by atoms with van der Waals surface area (Å²) in [7, 11) is 0. The number of rotatable bonds is 7. The molecule has 0 bridgehead atoms. The molecule has 1 aliphatic heterocycles. The van der Waals surface area contributed by atoms with Crippen molar-refractivity contribution < 1.29 is 14.3 Å². The average Bonchev–Trinajstić information content (AvgIpc) is 3.06. The van der Waals surface area contributed by atoms with Gasteiger partial charge in [-0.2, -0.15) is 0 Å². The van der Waals surface area contributed by atoms with E-state index in [0.29, 0.717) is 26.3 Å². The molecule has 0 aliphatic carbocycles. The standard InChI is InChI=1S/C17H19ClN2O3Se/c18-14-3-1-13(2-4-14)9-15-17(24-11-19-15)16(10-23-12-21)20-5-7-22-8-6-20/h1-4,11-12,16H,5-10H2. The van der Waals surface area contributed by atoms with Crippen LogP contribution in [0.15, 0.2) is 29.3 Å². The molecule has 24 heavy (non-hydrogen) atoms. The zero-order valence-electron chi connectivity index (χ0n) is 13.2. The molecule has 2 heterocycles. The van der Waals surface area contributed by atoms with Gasteiger partial charge in [-0.3, -0.25) is 0 Å². The Hall–Kier alpha value is -1.17. The summed E-state index contributed by atoms with van der Waals surface area (Å²) in [5.41, 5.74) is 2.27. The van der Waals surface area contributed by atoms with E-state index in [1.807, 2.05) is 29.3 Å². The van der Waals surface area contributed by atoms with Gasteiger partial charge in [-0.1, -0.05) is 0 Å². The Balaban J connectivity index is 1.80. The minimum absolute atomic E-state index is 0.0869. The summed E-state index contributed by atoms with van der Waals surface area (Å²) in [5, 5.41) is 2.74. The molecule has 1 atom stereocenters. The fraction of sp³-hybridized carbons (Fsp3) is 0.412. The zero-order valence-corrected chi connectivity index (χ0v) is 15.7. The average molecular weight is 414 g/mol. The number of morpholine rings is 1. The molecule has 1 aromatic heterocycles. The molecule has 3 rings (SSSR count). The summed E-state index contributed by atoms with van der Waals surface area (Å²) < 4.78 is 11.9. The Morgan fingerprint density at radius 1 is 1.33 bits per heavy atom. The van der Waals surface area contributed by atoms with E-state index in [1.165, 1.54) is 10.0 Å². The van der Waals surface area contributed by atoms with Crippen molar-refractivity contribution in [3.8, 4) is 0 Å². The number of aromatic nitrogens is 1. The van der Waals surface area contributed by atoms with E-state index >= 15 is 0 Å². The maximum atomic E-state index is 10.7. The summed E-state index contributed by atoms with van der Waals surface area (Å²) >= 11 is 6.15. The van der Waals surface area contributed by atoms with Crippen molar-refractivity contribution in [3.63, 3.8) is 0 Å². The molecular weight excluding hydrogens is 395 g/mol. The predicted octanol–water partition coefficient (Wildman–Crippen LogP) is 1.93. The number of ether oxygens (including phenoxy) is 2. The van der Waals surface area contributed by atoms with Crippen LogP contribution in [0.3, 0.4) is 0 Å². The Labute approximate surface area is 152 Å². The number of nitrogens with zero attached hydrogens (tertiary/aromatic N) is 2. The minimum atomic E-state index is 0.0869. The SMILES string of the molecule is O=COCC(c1[se]cnc1Cc1ccc(Cl)cc1)N1CCOCC1. The van der Waals surface area contributed by atoms with Crippen molar-refractivity contribution in [1.29, 1.82) is 0 Å². The second-order valence-electron chi connectivity index (χ2n) is 5.56. The molecule has 128 valence electrons. The van der Waals surface area contributed by atoms with Gasteiger partial charge in [0.15, 0.2) is 0 Å². The van der Waals surface area contributed by atoms with Crippen LogP contribution in [0.5, 0.6) is 0 Å². The molecule has 0 saturated carbocycles. The van der Waals surface area contributed by atoms with Gasteiger partial charge >= 0.3 is 152 Å². The molecule has 0 amide bonds. The van der Waals surface area contributed by atoms with E-state index in [4.69, 9.17) is 21.1 Å². The van der Waals surface area contributed by atoms with Crippen molar-refractivity contribution in [2.24, 2.45) is 0 Å². The molecule has 1 unspecified atom stereocenters. The molecule has 0 spiro atoms. The van der Waals surface area contributed by atoms with E-state index in [0.717, 1.165) is 30.2 Å². The van der Waals surface area contributed by atoms with Crippen LogP contribution in [0.2, 0.25) is 5.02 Å². The van der Waals surface area contributed by atoms with Gasteiger partial charge in [0.05, 0.1) is 0 Å². The summed E-state index contributed by atoms with van der Waals surface area (Å²) in [5.74, 6) is 0. The first-order chi connectivity index (χ1) is 11.8. The Morgan fingerprint density at radius 2 is 2.08 bits per heavy atom. The summed E-state index contributed by atoms with van der Waals surface area (Å²) in [6.45, 7) is 4.02. The molecule has 7 heteroatoms. The number of hydrogen-bond donors (Lipinski definition) is 0. The Bertz CT molecular complexity index is 656. The molecule has 5 nitrogen and oxygen atoms in total. The monoisotopic (exact) mass is 414 g/mol. The Morgan fingerprint density at radius 3 is 2.79 bits per heavy atom. The first-order valence-electron chi connectivity index (χ1n) is 7.81. The van der Waals surface area contributed by atoms with Crippen molar-refractivity contribution >= 4 is 32.6 Å². The number of benzene rings is 1. The molecule has 1 aliphatic rings. The van der Waals surface area contributed by atoms with E-state index in [-0.39, 0.29) is 20.5 Å². The topological polar surface area (TPSA) is 51.7 Å². The van der Waals surface area contributed by atoms with Crippen molar-refractivity contribution in [1.82, 2.24) is 9.88 Å². The molecule has 2 aromatic rings. The van der Waals surface area contributed by atoms with Crippen LogP contribution in [0, 0.1) is 0 Å². The van der Waals surface area contributed by atoms with Crippen LogP contribution >= 0.6 is 11.6 Å². The van der Waals surface area contributed by atoms with Crippen molar-refractivity contribution in [2.75, 3.05) is 32.9 Å². The first-order valence-corrected chi connectivity index (χ1v) is 10.0. The predicted molar refractivity (Wildman–Crippen MR) is 92.6 cm³/mol. The third-order valence-corrected chi connectivity index (χ3v) is 6.36. The van der Waals surface area contributed by atoms with E-state index in [2.05, 4.69) is 9.88 Å². The number of hydrogen-bond acceptors (Lipinski definition) is 5. The molecule has 1 saturated heterocycles. The second kappa shape index (κ2) is 8.79. The first kappa shape index (κ1) is 17.6. The third kappa shape index (κ3) is 4.46. The molecule has 0 radical (unpaired) electrons. The number of carbonyl (C=O) groups is 1. The van der Waals surface area contributed by atoms with Crippen LogP contribution in [-0.2, 0) is 20.7 Å². The fourth-order valence-corrected chi connectivity index (χ4v) is 4.92. The van der Waals surface area contributed by atoms with Gasteiger partial charge in [0.25, 0.3) is 0 Å². The Kier molecular flexibility index (Phi) is 6.46. The third-order valence-electron chi connectivity index (χ3n) is 4.07. The van der Waals surface area contributed by atoms with E-state index in [9.17, 15) is 4.79 Å². The number of halogens is 1. The fourth-order valence-electron chi connectivity index (χ4n) is 2.84. The van der Waals surface area contributed by atoms with Crippen LogP contribution < -0.4 is 0 Å². The van der Waals surface area contributed by atoms with Crippen LogP contribution in [0.1, 0.15) is 21.7 Å². The molecule has 1 aromatic carbocycles. The van der Waals surface area contributed by atoms with Crippen LogP contribution in [0.4, 0.5) is 0 Å². The van der Waals surface area contributed by atoms with Gasteiger partial charge in [0, 0.05) is 0 Å². The summed E-state index contributed by atoms with van der Waals surface area (Å²) in [4.78, 5) is 17.6. The van der Waals surface area contributed by atoms with Crippen LogP contribution in [0.25, 0.3) is 0 Å². The quantitative estimate of drug-likeness (QED) is 0.513. The number of carbonyl (C=O) groups excluding carboxylic acids is 1. The van der Waals surface area contributed by atoms with Gasteiger partial charge < -0.3 is 0 Å². The maximum absolute atomic E-state index is 10.7. The summed E-state index contributed by atoms with van der Waals surface area (Å²) in [6.07, 6.45) is 0.771. The zero-order chi connectivity index (χ0) is 16.8. The van der Waals surface area contributed by atoms with Gasteiger partial charge in [-0.25, -0.2) is 0 Å². The molecule has 1 fully saturated rings. The summed E-state index contributed by atoms with van der Waals surface area (Å²) in [6, 6.07) is 7.94. The van der Waals surface area contributed by atoms with Gasteiger partial charge in [0.2, 0.25) is 0 Å². The van der Waals surface area contributed by atoms with E-state index in [1.54, 1.807) is 0 Å². The normalized spacial score (nSPS) is 16.7. The van der Waals surface area contributed by atoms with Gasteiger partial charge in [-0.05, 0) is 0 Å². The van der Waals surface area contributed by atoms with Crippen LogP contribution in [-0.4, -0.2) is 63.8 Å². The van der Waals surface area contributed by atoms with E-state index < -0.39 is 0 Å². The second-order valence-corrected chi connectivity index (χ2v) is 7.86. The van der Waals surface area contributed by atoms with Crippen molar-refractivity contribution in [2.45, 2.75) is 12.5 Å². The van der Waals surface area contributed by atoms with Crippen molar-refractivity contribution in [3.05, 3.63) is 50.1 Å². The van der Waals surface area contributed by atoms with Gasteiger partial charge in [0.1, 0.15) is 0 Å². The van der Waals surface area contributed by atoms with Gasteiger partial charge in [-0.15, -0.1) is 0 Å². The molecular formula is C17H19ClN2O3Se. The molecule has 0 N–H and O–H groups in total.